The first-order valence-electron chi connectivity index (χ1n) is 8.23. The van der Waals surface area contributed by atoms with Gasteiger partial charge >= 0.3 is 0 Å². The van der Waals surface area contributed by atoms with Crippen LogP contribution in [0.25, 0.3) is 16.9 Å². The Kier molecular flexibility index (Phi) is 4.19. The van der Waals surface area contributed by atoms with Crippen molar-refractivity contribution in [3.63, 3.8) is 0 Å². The first-order valence-corrected chi connectivity index (χ1v) is 8.61. The van der Waals surface area contributed by atoms with Gasteiger partial charge in [0.2, 0.25) is 0 Å². The predicted octanol–water partition coefficient (Wildman–Crippen LogP) is 5.22. The Balaban J connectivity index is 1.87. The molecule has 1 N–H and O–H groups in total. The molecule has 5 heteroatoms. The minimum Gasteiger partial charge on any atom is -0.306 e. The molecule has 2 aromatic carbocycles. The summed E-state index contributed by atoms with van der Waals surface area (Å²) >= 11 is 6.15. The van der Waals surface area contributed by atoms with Gasteiger partial charge in [-0.05, 0) is 42.8 Å². The summed E-state index contributed by atoms with van der Waals surface area (Å²) in [4.78, 5) is 17.4. The van der Waals surface area contributed by atoms with Crippen LogP contribution in [0.5, 0.6) is 0 Å². The molecule has 128 valence electrons. The van der Waals surface area contributed by atoms with E-state index in [-0.39, 0.29) is 5.91 Å². The number of rotatable bonds is 3. The molecule has 0 radical (unpaired) electrons. The monoisotopic (exact) mass is 361 g/mol. The van der Waals surface area contributed by atoms with E-state index < -0.39 is 0 Å². The number of halogens is 1. The standard InChI is InChI=1S/C21H16ClN3O/c1-14-10-11-18-23-19(16-8-5-9-17(22)12-16)20(25(18)13-14)24-21(26)15-6-3-2-4-7-15/h2-13H,1H3,(H,24,26). The Hall–Kier alpha value is -3.11. The van der Waals surface area contributed by atoms with E-state index >= 15 is 0 Å². The number of pyridine rings is 1. The van der Waals surface area contributed by atoms with E-state index in [0.29, 0.717) is 22.1 Å². The number of aryl methyl sites for hydroxylation is 1. The lowest BCUT2D eigenvalue weighted by molar-refractivity contribution is 0.102. The molecule has 0 aliphatic carbocycles. The Morgan fingerprint density at radius 3 is 2.62 bits per heavy atom. The van der Waals surface area contributed by atoms with Gasteiger partial charge in [0.1, 0.15) is 17.2 Å². The van der Waals surface area contributed by atoms with Crippen LogP contribution in [0.3, 0.4) is 0 Å². The average molecular weight is 362 g/mol. The van der Waals surface area contributed by atoms with Gasteiger partial charge < -0.3 is 5.32 Å². The van der Waals surface area contributed by atoms with Gasteiger partial charge in [0.05, 0.1) is 0 Å². The van der Waals surface area contributed by atoms with Crippen LogP contribution in [0.4, 0.5) is 5.82 Å². The summed E-state index contributed by atoms with van der Waals surface area (Å²) in [5.41, 5.74) is 3.95. The first-order chi connectivity index (χ1) is 12.6. The number of benzene rings is 2. The summed E-state index contributed by atoms with van der Waals surface area (Å²) in [6.45, 7) is 2.00. The Morgan fingerprint density at radius 2 is 1.85 bits per heavy atom. The minimum absolute atomic E-state index is 0.183. The zero-order valence-corrected chi connectivity index (χ0v) is 14.9. The molecule has 4 nitrogen and oxygen atoms in total. The van der Waals surface area contributed by atoms with Crippen LogP contribution in [0.15, 0.2) is 72.9 Å². The topological polar surface area (TPSA) is 46.4 Å². The van der Waals surface area contributed by atoms with Crippen molar-refractivity contribution in [3.05, 3.63) is 89.1 Å². The fourth-order valence-electron chi connectivity index (χ4n) is 2.88. The molecule has 2 heterocycles. The summed E-state index contributed by atoms with van der Waals surface area (Å²) in [6.07, 6.45) is 1.96. The summed E-state index contributed by atoms with van der Waals surface area (Å²) in [6, 6.07) is 20.5. The molecule has 0 aliphatic rings. The molecule has 0 saturated heterocycles. The van der Waals surface area contributed by atoms with Gasteiger partial charge in [0.15, 0.2) is 0 Å². The maximum atomic E-state index is 12.7. The van der Waals surface area contributed by atoms with E-state index in [2.05, 4.69) is 5.32 Å². The number of nitrogens with one attached hydrogen (secondary N) is 1. The average Bonchev–Trinajstić information content (AvgIpc) is 3.00. The Labute approximate surface area is 156 Å². The smallest absolute Gasteiger partial charge is 0.256 e. The molecule has 0 unspecified atom stereocenters. The summed E-state index contributed by atoms with van der Waals surface area (Å²) in [7, 11) is 0. The highest BCUT2D eigenvalue weighted by atomic mass is 35.5. The van der Waals surface area contributed by atoms with Gasteiger partial charge in [-0.2, -0.15) is 0 Å². The van der Waals surface area contributed by atoms with Crippen LogP contribution >= 0.6 is 11.6 Å². The molecule has 0 atom stereocenters. The molecule has 1 amide bonds. The second-order valence-electron chi connectivity index (χ2n) is 6.07. The molecule has 0 spiro atoms. The zero-order chi connectivity index (χ0) is 18.1. The van der Waals surface area contributed by atoms with E-state index in [1.807, 2.05) is 72.1 Å². The van der Waals surface area contributed by atoms with E-state index in [0.717, 1.165) is 16.8 Å². The number of anilines is 1. The van der Waals surface area contributed by atoms with E-state index in [4.69, 9.17) is 16.6 Å². The highest BCUT2D eigenvalue weighted by Crippen LogP contribution is 2.31. The van der Waals surface area contributed by atoms with Crippen molar-refractivity contribution in [2.75, 3.05) is 5.32 Å². The predicted molar refractivity (Wildman–Crippen MR) is 105 cm³/mol. The van der Waals surface area contributed by atoms with Gasteiger partial charge in [-0.25, -0.2) is 4.98 Å². The lowest BCUT2D eigenvalue weighted by atomic mass is 10.1. The van der Waals surface area contributed by atoms with Crippen LogP contribution in [-0.4, -0.2) is 15.3 Å². The Morgan fingerprint density at radius 1 is 1.04 bits per heavy atom. The lowest BCUT2D eigenvalue weighted by Gasteiger charge is -2.08. The fraction of sp³-hybridized carbons (Fsp3) is 0.0476. The first kappa shape index (κ1) is 16.4. The highest BCUT2D eigenvalue weighted by molar-refractivity contribution is 6.30. The summed E-state index contributed by atoms with van der Waals surface area (Å²) < 4.78 is 1.90. The molecule has 26 heavy (non-hydrogen) atoms. The molecule has 0 fully saturated rings. The number of nitrogens with zero attached hydrogens (tertiary/aromatic N) is 2. The number of hydrogen-bond acceptors (Lipinski definition) is 2. The molecular weight excluding hydrogens is 346 g/mol. The van der Waals surface area contributed by atoms with Gasteiger partial charge in [-0.1, -0.05) is 48.0 Å². The third-order valence-electron chi connectivity index (χ3n) is 4.13. The summed E-state index contributed by atoms with van der Waals surface area (Å²) in [5, 5.41) is 3.63. The van der Waals surface area contributed by atoms with Crippen LogP contribution in [0, 0.1) is 6.92 Å². The van der Waals surface area contributed by atoms with E-state index in [1.165, 1.54) is 0 Å². The van der Waals surface area contributed by atoms with E-state index in [9.17, 15) is 4.79 Å². The SMILES string of the molecule is Cc1ccc2nc(-c3cccc(Cl)c3)c(NC(=O)c3ccccc3)n2c1. The number of amides is 1. The van der Waals surface area contributed by atoms with Crippen molar-refractivity contribution < 1.29 is 4.79 Å². The third-order valence-corrected chi connectivity index (χ3v) is 4.37. The largest absolute Gasteiger partial charge is 0.306 e. The molecule has 4 aromatic rings. The van der Waals surface area contributed by atoms with Crippen LogP contribution < -0.4 is 5.32 Å². The van der Waals surface area contributed by atoms with Crippen molar-refractivity contribution in [1.82, 2.24) is 9.38 Å². The van der Waals surface area contributed by atoms with Gasteiger partial charge in [0.25, 0.3) is 5.91 Å². The van der Waals surface area contributed by atoms with Crippen molar-refractivity contribution in [1.29, 1.82) is 0 Å². The second kappa shape index (κ2) is 6.65. The number of imidazole rings is 1. The van der Waals surface area contributed by atoms with E-state index in [1.54, 1.807) is 12.1 Å². The van der Waals surface area contributed by atoms with Crippen molar-refractivity contribution >= 4 is 29.0 Å². The molecular formula is C21H16ClN3O. The second-order valence-corrected chi connectivity index (χ2v) is 6.51. The minimum atomic E-state index is -0.183. The van der Waals surface area contributed by atoms with Gasteiger partial charge in [-0.15, -0.1) is 0 Å². The fourth-order valence-corrected chi connectivity index (χ4v) is 3.07. The van der Waals surface area contributed by atoms with Crippen molar-refractivity contribution in [2.24, 2.45) is 0 Å². The maximum absolute atomic E-state index is 12.7. The molecule has 2 aromatic heterocycles. The number of carbonyl (C=O) groups excluding carboxylic acids is 1. The molecule has 0 aliphatic heterocycles. The number of carbonyl (C=O) groups is 1. The maximum Gasteiger partial charge on any atom is 0.256 e. The molecule has 0 saturated carbocycles. The van der Waals surface area contributed by atoms with Crippen LogP contribution in [0.2, 0.25) is 5.02 Å². The molecule has 4 rings (SSSR count). The number of hydrogen-bond donors (Lipinski definition) is 1. The normalized spacial score (nSPS) is 10.8. The number of aromatic nitrogens is 2. The Bertz CT molecular complexity index is 1100. The van der Waals surface area contributed by atoms with Crippen LogP contribution in [-0.2, 0) is 0 Å². The number of fused-ring (bicyclic) bond motifs is 1. The van der Waals surface area contributed by atoms with Crippen molar-refractivity contribution in [2.45, 2.75) is 6.92 Å². The van der Waals surface area contributed by atoms with Crippen molar-refractivity contribution in [3.8, 4) is 11.3 Å². The highest BCUT2D eigenvalue weighted by Gasteiger charge is 2.17. The van der Waals surface area contributed by atoms with Crippen LogP contribution in [0.1, 0.15) is 15.9 Å². The van der Waals surface area contributed by atoms with Gasteiger partial charge in [0, 0.05) is 22.3 Å². The lowest BCUT2D eigenvalue weighted by Crippen LogP contribution is -2.14. The third kappa shape index (κ3) is 3.07. The molecule has 0 bridgehead atoms. The quantitative estimate of drug-likeness (QED) is 0.544. The summed E-state index contributed by atoms with van der Waals surface area (Å²) in [5.74, 6) is 0.442. The zero-order valence-electron chi connectivity index (χ0n) is 14.1. The van der Waals surface area contributed by atoms with Gasteiger partial charge in [-0.3, -0.25) is 9.20 Å².